The Bertz CT molecular complexity index is 691. The maximum absolute atomic E-state index is 13.3. The van der Waals surface area contributed by atoms with Gasteiger partial charge in [0.1, 0.15) is 17.7 Å². The van der Waals surface area contributed by atoms with Crippen LogP contribution in [0.3, 0.4) is 0 Å². The van der Waals surface area contributed by atoms with Crippen molar-refractivity contribution in [1.29, 1.82) is 0 Å². The first kappa shape index (κ1) is 21.8. The molecule has 1 heterocycles. The molecule has 2 aromatic carbocycles. The lowest BCUT2D eigenvalue weighted by Gasteiger charge is -2.36. The van der Waals surface area contributed by atoms with Crippen LogP contribution < -0.4 is 0 Å². The number of aliphatic hydroxyl groups is 2. The van der Waals surface area contributed by atoms with Gasteiger partial charge in [0.15, 0.2) is 0 Å². The Morgan fingerprint density at radius 1 is 0.966 bits per heavy atom. The van der Waals surface area contributed by atoms with E-state index in [1.807, 2.05) is 0 Å². The fourth-order valence-corrected chi connectivity index (χ4v) is 3.97. The van der Waals surface area contributed by atoms with Crippen LogP contribution in [-0.4, -0.2) is 53.6 Å². The number of benzene rings is 2. The van der Waals surface area contributed by atoms with E-state index in [9.17, 15) is 19.0 Å². The molecule has 0 amide bonds. The van der Waals surface area contributed by atoms with Crippen molar-refractivity contribution >= 4 is 0 Å². The zero-order chi connectivity index (χ0) is 20.6. The van der Waals surface area contributed by atoms with E-state index in [1.54, 1.807) is 24.3 Å². The highest BCUT2D eigenvalue weighted by Crippen LogP contribution is 2.27. The fraction of sp³-hybridized carbons (Fsp3) is 0.478. The molecule has 0 saturated carbocycles. The third-order valence-electron chi connectivity index (χ3n) is 5.46. The molecule has 0 aliphatic carbocycles. The summed E-state index contributed by atoms with van der Waals surface area (Å²) in [6, 6.07) is 12.3. The monoisotopic (exact) mass is 405 g/mol. The van der Waals surface area contributed by atoms with E-state index in [1.165, 1.54) is 24.3 Å². The number of likely N-dealkylation sites (tertiary alicyclic amines) is 1. The summed E-state index contributed by atoms with van der Waals surface area (Å²) in [5.41, 5.74) is 1.47. The van der Waals surface area contributed by atoms with Gasteiger partial charge in [-0.25, -0.2) is 8.78 Å². The zero-order valence-corrected chi connectivity index (χ0v) is 16.5. The van der Waals surface area contributed by atoms with Crippen molar-refractivity contribution in [2.24, 2.45) is 0 Å². The summed E-state index contributed by atoms with van der Waals surface area (Å²) in [7, 11) is 0. The van der Waals surface area contributed by atoms with Crippen LogP contribution in [0.5, 0.6) is 0 Å². The fourth-order valence-electron chi connectivity index (χ4n) is 3.97. The van der Waals surface area contributed by atoms with Gasteiger partial charge < -0.3 is 14.9 Å². The van der Waals surface area contributed by atoms with Crippen LogP contribution in [0.4, 0.5) is 8.78 Å². The molecule has 0 radical (unpaired) electrons. The van der Waals surface area contributed by atoms with Crippen molar-refractivity contribution in [3.8, 4) is 0 Å². The van der Waals surface area contributed by atoms with Crippen LogP contribution in [0.1, 0.15) is 42.9 Å². The van der Waals surface area contributed by atoms with Crippen LogP contribution in [0.25, 0.3) is 0 Å². The summed E-state index contributed by atoms with van der Waals surface area (Å²) in [5.74, 6) is -0.682. The Morgan fingerprint density at radius 2 is 1.55 bits per heavy atom. The van der Waals surface area contributed by atoms with E-state index in [-0.39, 0.29) is 30.9 Å². The molecule has 6 heteroatoms. The first-order valence-electron chi connectivity index (χ1n) is 10.2. The van der Waals surface area contributed by atoms with E-state index in [2.05, 4.69) is 4.90 Å². The number of rotatable bonds is 9. The molecule has 0 spiro atoms. The molecule has 158 valence electrons. The average Bonchev–Trinajstić information content (AvgIpc) is 2.72. The third kappa shape index (κ3) is 6.31. The molecule has 0 unspecified atom stereocenters. The van der Waals surface area contributed by atoms with Gasteiger partial charge in [0.05, 0.1) is 12.7 Å². The van der Waals surface area contributed by atoms with E-state index in [0.29, 0.717) is 13.0 Å². The summed E-state index contributed by atoms with van der Waals surface area (Å²) < 4.78 is 32.7. The van der Waals surface area contributed by atoms with Gasteiger partial charge in [0.25, 0.3) is 0 Å². The Morgan fingerprint density at radius 3 is 2.10 bits per heavy atom. The Labute approximate surface area is 170 Å². The van der Waals surface area contributed by atoms with Crippen molar-refractivity contribution < 1.29 is 23.7 Å². The van der Waals surface area contributed by atoms with E-state index < -0.39 is 12.2 Å². The number of ether oxygens (including phenoxy) is 1. The molecule has 3 rings (SSSR count). The lowest BCUT2D eigenvalue weighted by Crippen LogP contribution is -2.45. The summed E-state index contributed by atoms with van der Waals surface area (Å²) >= 11 is 0. The highest BCUT2D eigenvalue weighted by Gasteiger charge is 2.25. The van der Waals surface area contributed by atoms with Gasteiger partial charge in [-0.2, -0.15) is 0 Å². The van der Waals surface area contributed by atoms with Gasteiger partial charge >= 0.3 is 0 Å². The molecule has 0 aromatic heterocycles. The predicted octanol–water partition coefficient (Wildman–Crippen LogP) is 3.67. The number of halogens is 2. The minimum atomic E-state index is -0.697. The van der Waals surface area contributed by atoms with Crippen LogP contribution in [0, 0.1) is 11.6 Å². The molecule has 1 aliphatic rings. The summed E-state index contributed by atoms with van der Waals surface area (Å²) in [6.45, 7) is 1.62. The molecule has 2 aromatic rings. The number of piperidine rings is 1. The molecule has 2 atom stereocenters. The smallest absolute Gasteiger partial charge is 0.123 e. The molecule has 2 N–H and O–H groups in total. The highest BCUT2D eigenvalue weighted by atomic mass is 19.1. The second kappa shape index (κ2) is 10.8. The van der Waals surface area contributed by atoms with Gasteiger partial charge in [-0.1, -0.05) is 30.7 Å². The van der Waals surface area contributed by atoms with Gasteiger partial charge in [-0.05, 0) is 61.2 Å². The van der Waals surface area contributed by atoms with Crippen LogP contribution in [0.15, 0.2) is 48.5 Å². The van der Waals surface area contributed by atoms with Crippen molar-refractivity contribution in [3.05, 3.63) is 71.3 Å². The maximum Gasteiger partial charge on any atom is 0.123 e. The molecule has 0 bridgehead atoms. The van der Waals surface area contributed by atoms with Gasteiger partial charge in [-0.15, -0.1) is 0 Å². The molecule has 1 aliphatic heterocycles. The highest BCUT2D eigenvalue weighted by molar-refractivity contribution is 5.30. The van der Waals surface area contributed by atoms with E-state index >= 15 is 0 Å². The number of hydrogen-bond acceptors (Lipinski definition) is 4. The van der Waals surface area contributed by atoms with Gasteiger partial charge in [-0.3, -0.25) is 4.90 Å². The van der Waals surface area contributed by atoms with Crippen molar-refractivity contribution in [2.45, 2.75) is 43.9 Å². The first-order chi connectivity index (χ1) is 14.1. The largest absolute Gasteiger partial charge is 0.396 e. The van der Waals surface area contributed by atoms with Crippen LogP contribution in [0.2, 0.25) is 0 Å². The molecular weight excluding hydrogens is 376 g/mol. The van der Waals surface area contributed by atoms with Gasteiger partial charge in [0.2, 0.25) is 0 Å². The van der Waals surface area contributed by atoms with Crippen LogP contribution in [-0.2, 0) is 4.74 Å². The lowest BCUT2D eigenvalue weighted by molar-refractivity contribution is -0.0203. The Balaban J connectivity index is 1.66. The molecule has 29 heavy (non-hydrogen) atoms. The number of β-amino-alcohol motifs (C(OH)–C–C–N with tert-alkyl or cyclic N) is 1. The first-order valence-corrected chi connectivity index (χ1v) is 10.2. The van der Waals surface area contributed by atoms with Crippen molar-refractivity contribution in [3.63, 3.8) is 0 Å². The lowest BCUT2D eigenvalue weighted by atomic mass is 9.99. The topological polar surface area (TPSA) is 52.9 Å². The van der Waals surface area contributed by atoms with E-state index in [4.69, 9.17) is 4.74 Å². The Hall–Kier alpha value is -1.86. The SMILES string of the molecule is OCC[C@H]1CCCCN1C[C@@H](O)COC(c1ccc(F)cc1)c1ccc(F)cc1. The molecule has 4 nitrogen and oxygen atoms in total. The molecule has 1 fully saturated rings. The molecule has 1 saturated heterocycles. The minimum absolute atomic E-state index is 0.0990. The quantitative estimate of drug-likeness (QED) is 0.669. The summed E-state index contributed by atoms with van der Waals surface area (Å²) in [5, 5.41) is 19.8. The third-order valence-corrected chi connectivity index (χ3v) is 5.46. The standard InChI is InChI=1S/C23H29F2NO3/c24-19-8-4-17(5-9-19)23(18-6-10-20(25)11-7-18)29-16-22(28)15-26-13-2-1-3-21(26)12-14-27/h4-11,21-23,27-28H,1-3,12-16H2/t21-,22-/m1/s1. The van der Waals surface area contributed by atoms with Crippen molar-refractivity contribution in [1.82, 2.24) is 4.90 Å². The number of hydrogen-bond donors (Lipinski definition) is 2. The summed E-state index contributed by atoms with van der Waals surface area (Å²) in [4.78, 5) is 2.22. The summed E-state index contributed by atoms with van der Waals surface area (Å²) in [6.07, 6.45) is 2.75. The zero-order valence-electron chi connectivity index (χ0n) is 16.5. The second-order valence-electron chi connectivity index (χ2n) is 7.63. The number of aliphatic hydroxyl groups excluding tert-OH is 2. The maximum atomic E-state index is 13.3. The van der Waals surface area contributed by atoms with Crippen molar-refractivity contribution in [2.75, 3.05) is 26.3 Å². The second-order valence-corrected chi connectivity index (χ2v) is 7.63. The van der Waals surface area contributed by atoms with Crippen LogP contribution >= 0.6 is 0 Å². The predicted molar refractivity (Wildman–Crippen MR) is 108 cm³/mol. The minimum Gasteiger partial charge on any atom is -0.396 e. The average molecular weight is 405 g/mol. The van der Waals surface area contributed by atoms with Gasteiger partial charge in [0, 0.05) is 19.2 Å². The Kier molecular flexibility index (Phi) is 8.12. The normalized spacial score (nSPS) is 18.9. The molecular formula is C23H29F2NO3. The van der Waals surface area contributed by atoms with E-state index in [0.717, 1.165) is 36.9 Å². The number of nitrogens with zero attached hydrogens (tertiary/aromatic N) is 1.